The van der Waals surface area contributed by atoms with E-state index < -0.39 is 10.0 Å². The summed E-state index contributed by atoms with van der Waals surface area (Å²) < 4.78 is 33.3. The number of aromatic nitrogens is 1. The van der Waals surface area contributed by atoms with E-state index in [-0.39, 0.29) is 17.2 Å². The zero-order valence-electron chi connectivity index (χ0n) is 14.9. The van der Waals surface area contributed by atoms with Crippen molar-refractivity contribution in [1.82, 2.24) is 9.71 Å². The summed E-state index contributed by atoms with van der Waals surface area (Å²) in [6.45, 7) is 2.09. The summed E-state index contributed by atoms with van der Waals surface area (Å²) in [5.41, 5.74) is 3.55. The summed E-state index contributed by atoms with van der Waals surface area (Å²) in [7, 11) is -2.40. The van der Waals surface area contributed by atoms with Gasteiger partial charge >= 0.3 is 0 Å². The normalized spacial score (nSPS) is 11.4. The maximum absolute atomic E-state index is 12.8. The van der Waals surface area contributed by atoms with Crippen molar-refractivity contribution in [3.8, 4) is 17.0 Å². The van der Waals surface area contributed by atoms with E-state index in [1.807, 2.05) is 37.3 Å². The topological polar surface area (TPSA) is 68.3 Å². The lowest BCUT2D eigenvalue weighted by Crippen LogP contribution is -2.24. The zero-order chi connectivity index (χ0) is 19.4. The van der Waals surface area contributed by atoms with Crippen LogP contribution >= 0.6 is 11.6 Å². The molecule has 0 aliphatic heterocycles. The lowest BCUT2D eigenvalue weighted by atomic mass is 10.0. The number of ether oxygens (including phenoxy) is 1. The van der Waals surface area contributed by atoms with Crippen molar-refractivity contribution in [2.24, 2.45) is 0 Å². The van der Waals surface area contributed by atoms with E-state index in [0.717, 1.165) is 22.4 Å². The molecule has 140 valence electrons. The van der Waals surface area contributed by atoms with Crippen molar-refractivity contribution >= 4 is 21.6 Å². The molecule has 0 saturated heterocycles. The van der Waals surface area contributed by atoms with Crippen LogP contribution in [0.4, 0.5) is 0 Å². The Morgan fingerprint density at radius 1 is 1.11 bits per heavy atom. The van der Waals surface area contributed by atoms with E-state index in [0.29, 0.717) is 5.02 Å². The van der Waals surface area contributed by atoms with Crippen LogP contribution < -0.4 is 9.46 Å². The van der Waals surface area contributed by atoms with Gasteiger partial charge in [-0.05, 0) is 42.8 Å². The third-order valence-corrected chi connectivity index (χ3v) is 5.71. The van der Waals surface area contributed by atoms with Crippen LogP contribution in [0.3, 0.4) is 0 Å². The average molecular weight is 403 g/mol. The highest BCUT2D eigenvalue weighted by atomic mass is 35.5. The molecular formula is C20H19ClN2O3S. The van der Waals surface area contributed by atoms with Crippen molar-refractivity contribution in [2.45, 2.75) is 18.4 Å². The Morgan fingerprint density at radius 3 is 2.67 bits per heavy atom. The molecule has 1 N–H and O–H groups in total. The monoisotopic (exact) mass is 402 g/mol. The van der Waals surface area contributed by atoms with Crippen LogP contribution in [-0.2, 0) is 16.6 Å². The first-order valence-electron chi connectivity index (χ1n) is 8.25. The Morgan fingerprint density at radius 2 is 1.93 bits per heavy atom. The molecule has 0 radical (unpaired) electrons. The minimum absolute atomic E-state index is 0.00139. The van der Waals surface area contributed by atoms with Crippen molar-refractivity contribution in [2.75, 3.05) is 7.11 Å². The predicted molar refractivity (Wildman–Crippen MR) is 106 cm³/mol. The summed E-state index contributed by atoms with van der Waals surface area (Å²) in [5.74, 6) is 0.233. The fourth-order valence-corrected chi connectivity index (χ4v) is 4.18. The molecule has 0 spiro atoms. The summed E-state index contributed by atoms with van der Waals surface area (Å²) >= 11 is 5.96. The van der Waals surface area contributed by atoms with Crippen molar-refractivity contribution in [3.05, 3.63) is 76.9 Å². The highest BCUT2D eigenvalue weighted by Crippen LogP contribution is 2.28. The van der Waals surface area contributed by atoms with Gasteiger partial charge in [0.15, 0.2) is 0 Å². The number of rotatable bonds is 6. The number of methoxy groups -OCH3 is 1. The van der Waals surface area contributed by atoms with Gasteiger partial charge in [-0.3, -0.25) is 4.98 Å². The molecule has 0 fully saturated rings. The molecule has 0 bridgehead atoms. The second-order valence-corrected chi connectivity index (χ2v) is 8.17. The number of aryl methyl sites for hydroxylation is 1. The smallest absolute Gasteiger partial charge is 0.244 e. The first-order chi connectivity index (χ1) is 12.9. The number of pyridine rings is 1. The van der Waals surface area contributed by atoms with Gasteiger partial charge in [-0.15, -0.1) is 0 Å². The number of benzene rings is 2. The molecule has 0 amide bonds. The molecule has 5 nitrogen and oxygen atoms in total. The number of nitrogens with one attached hydrogen (secondary N) is 1. The molecule has 3 rings (SSSR count). The lowest BCUT2D eigenvalue weighted by Gasteiger charge is -2.13. The van der Waals surface area contributed by atoms with Gasteiger partial charge in [0.2, 0.25) is 10.0 Å². The van der Waals surface area contributed by atoms with E-state index >= 15 is 0 Å². The van der Waals surface area contributed by atoms with Crippen LogP contribution in [0.15, 0.2) is 65.7 Å². The molecule has 0 aliphatic rings. The Labute approximate surface area is 164 Å². The van der Waals surface area contributed by atoms with Crippen molar-refractivity contribution in [3.63, 3.8) is 0 Å². The van der Waals surface area contributed by atoms with E-state index in [4.69, 9.17) is 16.3 Å². The number of sulfonamides is 1. The molecule has 0 atom stereocenters. The molecule has 0 aliphatic carbocycles. The van der Waals surface area contributed by atoms with Crippen LogP contribution in [0.5, 0.6) is 5.75 Å². The molecule has 0 unspecified atom stereocenters. The lowest BCUT2D eigenvalue weighted by molar-refractivity contribution is 0.402. The van der Waals surface area contributed by atoms with Crippen LogP contribution in [0.1, 0.15) is 11.1 Å². The zero-order valence-corrected chi connectivity index (χ0v) is 16.5. The maximum Gasteiger partial charge on any atom is 0.244 e. The Kier molecular flexibility index (Phi) is 5.79. The summed E-state index contributed by atoms with van der Waals surface area (Å²) in [6.07, 6.45) is 1.69. The molecular weight excluding hydrogens is 384 g/mol. The SMILES string of the molecule is COc1ccc(Cl)cc1S(=O)(=O)NCc1cccnc1-c1cccc(C)c1. The molecule has 1 heterocycles. The van der Waals surface area contributed by atoms with Gasteiger partial charge in [-0.25, -0.2) is 13.1 Å². The third-order valence-electron chi connectivity index (χ3n) is 4.05. The second kappa shape index (κ2) is 8.08. The second-order valence-electron chi connectivity index (χ2n) is 6.00. The third kappa shape index (κ3) is 4.47. The first kappa shape index (κ1) is 19.4. The molecule has 1 aromatic heterocycles. The Bertz CT molecular complexity index is 1070. The number of halogens is 1. The quantitative estimate of drug-likeness (QED) is 0.671. The van der Waals surface area contributed by atoms with Gasteiger partial charge in [0.05, 0.1) is 12.8 Å². The molecule has 7 heteroatoms. The fraction of sp³-hybridized carbons (Fsp3) is 0.150. The molecule has 3 aromatic rings. The largest absolute Gasteiger partial charge is 0.495 e. The highest BCUT2D eigenvalue weighted by molar-refractivity contribution is 7.89. The van der Waals surface area contributed by atoms with E-state index in [1.165, 1.54) is 19.2 Å². The highest BCUT2D eigenvalue weighted by Gasteiger charge is 2.20. The predicted octanol–water partition coefficient (Wildman–Crippen LogP) is 4.20. The number of nitrogens with zero attached hydrogens (tertiary/aromatic N) is 1. The fourth-order valence-electron chi connectivity index (χ4n) is 2.74. The van der Waals surface area contributed by atoms with E-state index in [9.17, 15) is 8.42 Å². The van der Waals surface area contributed by atoms with Crippen LogP contribution in [0, 0.1) is 6.92 Å². The van der Waals surface area contributed by atoms with Gasteiger partial charge in [0.25, 0.3) is 0 Å². The maximum atomic E-state index is 12.8. The van der Waals surface area contributed by atoms with Crippen molar-refractivity contribution < 1.29 is 13.2 Å². The van der Waals surface area contributed by atoms with Gasteiger partial charge in [-0.2, -0.15) is 0 Å². The van der Waals surface area contributed by atoms with E-state index in [2.05, 4.69) is 9.71 Å². The van der Waals surface area contributed by atoms with Gasteiger partial charge in [-0.1, -0.05) is 41.4 Å². The minimum atomic E-state index is -3.82. The summed E-state index contributed by atoms with van der Waals surface area (Å²) in [5, 5.41) is 0.318. The number of hydrogen-bond donors (Lipinski definition) is 1. The van der Waals surface area contributed by atoms with Crippen LogP contribution in [-0.4, -0.2) is 20.5 Å². The van der Waals surface area contributed by atoms with Crippen LogP contribution in [0.25, 0.3) is 11.3 Å². The minimum Gasteiger partial charge on any atom is -0.495 e. The molecule has 27 heavy (non-hydrogen) atoms. The Balaban J connectivity index is 1.91. The standard InChI is InChI=1S/C20H19ClN2O3S/c1-14-5-3-6-15(11-14)20-16(7-4-10-22-20)13-23-27(24,25)19-12-17(21)8-9-18(19)26-2/h3-12,23H,13H2,1-2H3. The Hall–Kier alpha value is -2.41. The van der Waals surface area contributed by atoms with E-state index in [1.54, 1.807) is 18.3 Å². The average Bonchev–Trinajstić information content (AvgIpc) is 2.66. The molecule has 2 aromatic carbocycles. The van der Waals surface area contributed by atoms with Gasteiger partial charge in [0, 0.05) is 23.3 Å². The summed E-state index contributed by atoms with van der Waals surface area (Å²) in [6, 6.07) is 16.0. The number of hydrogen-bond acceptors (Lipinski definition) is 4. The summed E-state index contributed by atoms with van der Waals surface area (Å²) in [4.78, 5) is 4.43. The van der Waals surface area contributed by atoms with Crippen LogP contribution in [0.2, 0.25) is 5.02 Å². The van der Waals surface area contributed by atoms with Crippen molar-refractivity contribution in [1.29, 1.82) is 0 Å². The first-order valence-corrected chi connectivity index (χ1v) is 10.1. The van der Waals surface area contributed by atoms with Gasteiger partial charge in [0.1, 0.15) is 10.6 Å². The molecule has 0 saturated carbocycles. The van der Waals surface area contributed by atoms with Gasteiger partial charge < -0.3 is 4.74 Å².